The average Bonchev–Trinajstić information content (AvgIpc) is 2.47. The summed E-state index contributed by atoms with van der Waals surface area (Å²) in [4.78, 5) is 2.18. The van der Waals surface area contributed by atoms with Gasteiger partial charge in [-0.1, -0.05) is 33.1 Å². The predicted molar refractivity (Wildman–Crippen MR) is 79.4 cm³/mol. The molecule has 124 valence electrons. The molecule has 0 amide bonds. The Labute approximate surface area is 126 Å². The van der Waals surface area contributed by atoms with E-state index in [1.54, 1.807) is 0 Å². The van der Waals surface area contributed by atoms with Gasteiger partial charge in [-0.15, -0.1) is 0 Å². The highest BCUT2D eigenvalue weighted by molar-refractivity contribution is 5.05. The Bertz CT molecular complexity index is 331. The number of piperazine rings is 1. The molecule has 1 aliphatic heterocycles. The molecule has 1 N–H and O–H groups in total. The fourth-order valence-corrected chi connectivity index (χ4v) is 4.06. The molecule has 2 aliphatic rings. The number of nitrogens with zero attached hydrogens (tertiary/aromatic N) is 1. The van der Waals surface area contributed by atoms with Gasteiger partial charge in [-0.25, -0.2) is 0 Å². The summed E-state index contributed by atoms with van der Waals surface area (Å²) in [6.07, 6.45) is 2.82. The molecule has 0 atom stereocenters. The third-order valence-corrected chi connectivity index (χ3v) is 5.76. The van der Waals surface area contributed by atoms with Gasteiger partial charge in [0.1, 0.15) is 0 Å². The lowest BCUT2D eigenvalue weighted by molar-refractivity contribution is -0.146. The van der Waals surface area contributed by atoms with Crippen LogP contribution in [0.3, 0.4) is 0 Å². The second-order valence-corrected chi connectivity index (χ2v) is 6.91. The summed E-state index contributed by atoms with van der Waals surface area (Å²) < 4.78 is 38.0. The van der Waals surface area contributed by atoms with Crippen LogP contribution in [0.25, 0.3) is 0 Å². The Kier molecular flexibility index (Phi) is 5.24. The van der Waals surface area contributed by atoms with Gasteiger partial charge >= 0.3 is 6.18 Å². The zero-order valence-electron chi connectivity index (χ0n) is 13.4. The molecule has 0 aromatic heterocycles. The summed E-state index contributed by atoms with van der Waals surface area (Å²) in [5.74, 6) is 0. The molecule has 0 unspecified atom stereocenters. The zero-order chi connectivity index (χ0) is 15.6. The molecule has 1 saturated carbocycles. The second-order valence-electron chi connectivity index (χ2n) is 6.91. The van der Waals surface area contributed by atoms with Crippen LogP contribution in [-0.2, 0) is 0 Å². The SMILES string of the molecule is CCC1(CC)CN(CCC(F)(F)F)C2(CCCCC2)CN1. The van der Waals surface area contributed by atoms with Crippen LogP contribution in [0.5, 0.6) is 0 Å². The van der Waals surface area contributed by atoms with Crippen LogP contribution in [-0.4, -0.2) is 41.8 Å². The van der Waals surface area contributed by atoms with Gasteiger partial charge in [-0.2, -0.15) is 13.2 Å². The van der Waals surface area contributed by atoms with Crippen molar-refractivity contribution in [2.45, 2.75) is 82.5 Å². The summed E-state index contributed by atoms with van der Waals surface area (Å²) in [5.41, 5.74) is -0.0361. The van der Waals surface area contributed by atoms with Crippen LogP contribution in [0, 0.1) is 0 Å². The highest BCUT2D eigenvalue weighted by atomic mass is 19.4. The van der Waals surface area contributed by atoms with E-state index >= 15 is 0 Å². The number of rotatable bonds is 4. The van der Waals surface area contributed by atoms with Gasteiger partial charge in [0.05, 0.1) is 6.42 Å². The predicted octanol–water partition coefficient (Wildman–Crippen LogP) is 4.11. The molecule has 0 aromatic carbocycles. The lowest BCUT2D eigenvalue weighted by Gasteiger charge is -2.56. The highest BCUT2D eigenvalue weighted by Crippen LogP contribution is 2.39. The van der Waals surface area contributed by atoms with Crippen molar-refractivity contribution in [3.05, 3.63) is 0 Å². The summed E-state index contributed by atoms with van der Waals surface area (Å²) >= 11 is 0. The van der Waals surface area contributed by atoms with Crippen LogP contribution in [0.1, 0.15) is 65.2 Å². The number of hydrogen-bond donors (Lipinski definition) is 1. The molecule has 1 spiro atoms. The maximum absolute atomic E-state index is 12.7. The number of alkyl halides is 3. The fourth-order valence-electron chi connectivity index (χ4n) is 4.06. The van der Waals surface area contributed by atoms with Crippen molar-refractivity contribution in [3.63, 3.8) is 0 Å². The molecule has 2 rings (SSSR count). The van der Waals surface area contributed by atoms with Crippen molar-refractivity contribution in [2.24, 2.45) is 0 Å². The van der Waals surface area contributed by atoms with Gasteiger partial charge in [0.25, 0.3) is 0 Å². The van der Waals surface area contributed by atoms with Crippen molar-refractivity contribution in [2.75, 3.05) is 19.6 Å². The molecule has 5 heteroatoms. The lowest BCUT2D eigenvalue weighted by Crippen LogP contribution is -2.70. The van der Waals surface area contributed by atoms with Gasteiger partial charge in [-0.05, 0) is 25.7 Å². The highest BCUT2D eigenvalue weighted by Gasteiger charge is 2.47. The summed E-state index contributed by atoms with van der Waals surface area (Å²) in [5, 5.41) is 3.70. The van der Waals surface area contributed by atoms with E-state index in [1.165, 1.54) is 6.42 Å². The minimum atomic E-state index is -4.05. The maximum Gasteiger partial charge on any atom is 0.390 e. The number of nitrogens with one attached hydrogen (secondary N) is 1. The van der Waals surface area contributed by atoms with E-state index in [9.17, 15) is 13.2 Å². The van der Waals surface area contributed by atoms with Crippen LogP contribution < -0.4 is 5.32 Å². The van der Waals surface area contributed by atoms with E-state index in [4.69, 9.17) is 0 Å². The van der Waals surface area contributed by atoms with Crippen LogP contribution >= 0.6 is 0 Å². The van der Waals surface area contributed by atoms with E-state index in [2.05, 4.69) is 24.1 Å². The first-order valence-electron chi connectivity index (χ1n) is 8.42. The summed E-state index contributed by atoms with van der Waals surface area (Å²) in [6, 6.07) is 0. The minimum absolute atomic E-state index is 0.00566. The Morgan fingerprint density at radius 3 is 2.19 bits per heavy atom. The summed E-state index contributed by atoms with van der Waals surface area (Å²) in [7, 11) is 0. The van der Waals surface area contributed by atoms with E-state index in [0.29, 0.717) is 0 Å². The maximum atomic E-state index is 12.7. The topological polar surface area (TPSA) is 15.3 Å². The van der Waals surface area contributed by atoms with Gasteiger partial charge in [0.15, 0.2) is 0 Å². The number of halogens is 3. The van der Waals surface area contributed by atoms with Crippen molar-refractivity contribution in [1.82, 2.24) is 10.2 Å². The molecular formula is C16H29F3N2. The minimum Gasteiger partial charge on any atom is -0.308 e. The molecule has 1 aliphatic carbocycles. The molecular weight excluding hydrogens is 277 g/mol. The Morgan fingerprint density at radius 2 is 1.67 bits per heavy atom. The molecule has 1 saturated heterocycles. The third-order valence-electron chi connectivity index (χ3n) is 5.76. The van der Waals surface area contributed by atoms with E-state index < -0.39 is 12.6 Å². The van der Waals surface area contributed by atoms with Crippen molar-refractivity contribution >= 4 is 0 Å². The molecule has 21 heavy (non-hydrogen) atoms. The third kappa shape index (κ3) is 3.92. The smallest absolute Gasteiger partial charge is 0.308 e. The van der Waals surface area contributed by atoms with Crippen molar-refractivity contribution in [1.29, 1.82) is 0 Å². The Hall–Kier alpha value is -0.290. The van der Waals surface area contributed by atoms with Gasteiger partial charge in [0, 0.05) is 30.7 Å². The monoisotopic (exact) mass is 306 g/mol. The van der Waals surface area contributed by atoms with Crippen molar-refractivity contribution in [3.8, 4) is 0 Å². The standard InChI is InChI=1S/C16H29F3N2/c1-3-14(4-2)13-21(11-10-16(17,18)19)15(12-20-14)8-6-5-7-9-15/h20H,3-13H2,1-2H3. The van der Waals surface area contributed by atoms with Gasteiger partial charge in [0.2, 0.25) is 0 Å². The van der Waals surface area contributed by atoms with E-state index in [-0.39, 0.29) is 17.6 Å². The number of hydrogen-bond acceptors (Lipinski definition) is 2. The van der Waals surface area contributed by atoms with Crippen LogP contribution in [0.15, 0.2) is 0 Å². The Balaban J connectivity index is 2.13. The molecule has 1 heterocycles. The van der Waals surface area contributed by atoms with E-state index in [0.717, 1.165) is 51.6 Å². The Morgan fingerprint density at radius 1 is 1.05 bits per heavy atom. The first-order valence-corrected chi connectivity index (χ1v) is 8.42. The molecule has 0 bridgehead atoms. The second kappa shape index (κ2) is 6.45. The molecule has 2 fully saturated rings. The largest absolute Gasteiger partial charge is 0.390 e. The van der Waals surface area contributed by atoms with Crippen LogP contribution in [0.4, 0.5) is 13.2 Å². The first-order chi connectivity index (χ1) is 9.85. The van der Waals surface area contributed by atoms with E-state index in [1.807, 2.05) is 0 Å². The lowest BCUT2D eigenvalue weighted by atomic mass is 9.75. The average molecular weight is 306 g/mol. The first kappa shape index (κ1) is 17.1. The molecule has 0 aromatic rings. The van der Waals surface area contributed by atoms with Gasteiger partial charge < -0.3 is 5.32 Å². The quantitative estimate of drug-likeness (QED) is 0.841. The zero-order valence-corrected chi connectivity index (χ0v) is 13.4. The molecule has 2 nitrogen and oxygen atoms in total. The fraction of sp³-hybridized carbons (Fsp3) is 1.00. The molecule has 0 radical (unpaired) electrons. The van der Waals surface area contributed by atoms with Gasteiger partial charge in [-0.3, -0.25) is 4.90 Å². The van der Waals surface area contributed by atoms with Crippen LogP contribution in [0.2, 0.25) is 0 Å². The summed E-state index contributed by atoms with van der Waals surface area (Å²) in [6.45, 7) is 6.05. The van der Waals surface area contributed by atoms with Crippen molar-refractivity contribution < 1.29 is 13.2 Å². The normalized spacial score (nSPS) is 26.1.